The third-order valence-corrected chi connectivity index (χ3v) is 1.77. The van der Waals surface area contributed by atoms with Crippen molar-refractivity contribution in [2.24, 2.45) is 0 Å². The van der Waals surface area contributed by atoms with Crippen LogP contribution in [0.5, 0.6) is 5.88 Å². The van der Waals surface area contributed by atoms with Gasteiger partial charge in [-0.2, -0.15) is 26.3 Å². The van der Waals surface area contributed by atoms with Crippen LogP contribution in [0.25, 0.3) is 0 Å². The van der Waals surface area contributed by atoms with E-state index in [1.165, 1.54) is 0 Å². The smallest absolute Gasteiger partial charge is 0.434 e. The van der Waals surface area contributed by atoms with Crippen LogP contribution in [0.3, 0.4) is 0 Å². The summed E-state index contributed by atoms with van der Waals surface area (Å²) in [7, 11) is 0. The fourth-order valence-corrected chi connectivity index (χ4v) is 1.00. The lowest BCUT2D eigenvalue weighted by Gasteiger charge is -2.23. The molecule has 17 heavy (non-hydrogen) atoms. The Morgan fingerprint density at radius 2 is 1.76 bits per heavy atom. The van der Waals surface area contributed by atoms with E-state index < -0.39 is 29.4 Å². The molecule has 1 rings (SSSR count). The fraction of sp³-hybridized carbons (Fsp3) is 0.375. The number of ether oxygens (including phenoxy) is 1. The number of pyridine rings is 1. The van der Waals surface area contributed by atoms with Crippen molar-refractivity contribution in [2.45, 2.75) is 18.5 Å². The second kappa shape index (κ2) is 4.59. The summed E-state index contributed by atoms with van der Waals surface area (Å²) in [6.45, 7) is 0. The molecule has 0 saturated heterocycles. The molecule has 96 valence electrons. The predicted octanol–water partition coefficient (Wildman–Crippen LogP) is 3.61. The van der Waals surface area contributed by atoms with Crippen molar-refractivity contribution >= 4 is 11.6 Å². The Bertz CT molecular complexity index is 421. The summed E-state index contributed by atoms with van der Waals surface area (Å²) in [5, 5.41) is -0.610. The minimum absolute atomic E-state index is 0.275. The van der Waals surface area contributed by atoms with Crippen LogP contribution in [0, 0.1) is 0 Å². The van der Waals surface area contributed by atoms with Gasteiger partial charge in [0.2, 0.25) is 5.88 Å². The monoisotopic (exact) mass is 280 g/mol. The number of hydrogen-bond donors (Lipinski definition) is 0. The van der Waals surface area contributed by atoms with Gasteiger partial charge in [0.25, 0.3) is 6.10 Å². The second-order valence-corrected chi connectivity index (χ2v) is 3.21. The van der Waals surface area contributed by atoms with Gasteiger partial charge in [-0.25, -0.2) is 4.98 Å². The molecule has 0 spiro atoms. The molecule has 0 N–H and O–H groups in total. The van der Waals surface area contributed by atoms with Gasteiger partial charge in [0, 0.05) is 6.20 Å². The molecule has 0 bridgehead atoms. The van der Waals surface area contributed by atoms with Gasteiger partial charge in [-0.3, -0.25) is 0 Å². The Labute approximate surface area is 97.6 Å². The molecule has 0 aliphatic rings. The van der Waals surface area contributed by atoms with E-state index in [1.54, 1.807) is 0 Å². The summed E-state index contributed by atoms with van der Waals surface area (Å²) >= 11 is 5.33. The highest BCUT2D eigenvalue weighted by Crippen LogP contribution is 2.37. The molecular weight excluding hydrogens is 276 g/mol. The maximum Gasteiger partial charge on any atom is 0.434 e. The van der Waals surface area contributed by atoms with E-state index in [2.05, 4.69) is 9.72 Å². The molecule has 0 aliphatic heterocycles. The van der Waals surface area contributed by atoms with Crippen molar-refractivity contribution in [1.82, 2.24) is 4.98 Å². The maximum atomic E-state index is 12.2. The fourth-order valence-electron chi connectivity index (χ4n) is 0.847. The van der Waals surface area contributed by atoms with E-state index in [1.807, 2.05) is 0 Å². The average molecular weight is 281 g/mol. The van der Waals surface area contributed by atoms with Gasteiger partial charge in [-0.1, -0.05) is 11.6 Å². The van der Waals surface area contributed by atoms with E-state index in [0.717, 1.165) is 6.07 Å². The normalized spacial score (nSPS) is 13.8. The molecular formula is C8H4ClF6NO. The lowest BCUT2D eigenvalue weighted by Crippen LogP contribution is -2.46. The minimum atomic E-state index is -5.65. The predicted molar refractivity (Wildman–Crippen MR) is 45.8 cm³/mol. The van der Waals surface area contributed by atoms with Crippen molar-refractivity contribution in [1.29, 1.82) is 0 Å². The van der Waals surface area contributed by atoms with Crippen LogP contribution in [-0.2, 0) is 0 Å². The summed E-state index contributed by atoms with van der Waals surface area (Å²) in [5.74, 6) is -1.03. The van der Waals surface area contributed by atoms with Crippen LogP contribution < -0.4 is 4.74 Å². The summed E-state index contributed by atoms with van der Waals surface area (Å²) < 4.78 is 83.7. The van der Waals surface area contributed by atoms with Gasteiger partial charge in [-0.05, 0) is 12.1 Å². The van der Waals surface area contributed by atoms with Crippen LogP contribution in [0.2, 0.25) is 5.02 Å². The Morgan fingerprint density at radius 3 is 2.18 bits per heavy atom. The molecule has 1 heterocycles. The Balaban J connectivity index is 3.05. The molecule has 0 aromatic carbocycles. The summed E-state index contributed by atoms with van der Waals surface area (Å²) in [5.41, 5.74) is 0. The first-order valence-corrected chi connectivity index (χ1v) is 4.32. The van der Waals surface area contributed by atoms with Gasteiger partial charge < -0.3 is 4.74 Å². The van der Waals surface area contributed by atoms with E-state index in [9.17, 15) is 26.3 Å². The van der Waals surface area contributed by atoms with E-state index in [-0.39, 0.29) is 6.04 Å². The number of halogens is 7. The van der Waals surface area contributed by atoms with E-state index in [4.69, 9.17) is 13.0 Å². The molecule has 0 atom stereocenters. The zero-order valence-electron chi connectivity index (χ0n) is 8.73. The van der Waals surface area contributed by atoms with Gasteiger partial charge in [-0.15, -0.1) is 0 Å². The zero-order chi connectivity index (χ0) is 14.1. The highest BCUT2D eigenvalue weighted by Gasteiger charge is 2.59. The number of hydrogen-bond acceptors (Lipinski definition) is 2. The van der Waals surface area contributed by atoms with Crippen molar-refractivity contribution < 1.29 is 32.5 Å². The topological polar surface area (TPSA) is 22.1 Å². The molecule has 0 radical (unpaired) electrons. The lowest BCUT2D eigenvalue weighted by atomic mass is 10.3. The molecule has 0 unspecified atom stereocenters. The van der Waals surface area contributed by atoms with Crippen molar-refractivity contribution in [2.75, 3.05) is 0 Å². The molecule has 0 aliphatic carbocycles. The Kier molecular flexibility index (Phi) is 3.32. The van der Waals surface area contributed by atoms with Crippen molar-refractivity contribution in [3.8, 4) is 5.88 Å². The Hall–Kier alpha value is -1.18. The molecule has 0 fully saturated rings. The van der Waals surface area contributed by atoms with Crippen molar-refractivity contribution in [3.05, 3.63) is 23.3 Å². The standard InChI is InChI=1S/C8H4ClF6NO/c9-4-2-1-3-16-5(4)17-6(7(10,11)12)8(13,14)15/h1-3,6H/i1D. The van der Waals surface area contributed by atoms with E-state index >= 15 is 0 Å². The quantitative estimate of drug-likeness (QED) is 0.772. The number of nitrogens with zero attached hydrogens (tertiary/aromatic N) is 1. The average Bonchev–Trinajstić information content (AvgIpc) is 2.12. The zero-order valence-corrected chi connectivity index (χ0v) is 8.49. The largest absolute Gasteiger partial charge is 0.454 e. The second-order valence-electron chi connectivity index (χ2n) is 2.80. The lowest BCUT2D eigenvalue weighted by molar-refractivity contribution is -0.300. The highest BCUT2D eigenvalue weighted by molar-refractivity contribution is 6.31. The first kappa shape index (κ1) is 12.3. The molecule has 9 heteroatoms. The summed E-state index contributed by atoms with van der Waals surface area (Å²) in [6, 6.07) is 0.538. The third-order valence-electron chi connectivity index (χ3n) is 1.49. The van der Waals surface area contributed by atoms with Crippen LogP contribution in [0.1, 0.15) is 1.37 Å². The van der Waals surface area contributed by atoms with Crippen LogP contribution in [-0.4, -0.2) is 23.4 Å². The van der Waals surface area contributed by atoms with Crippen molar-refractivity contribution in [3.63, 3.8) is 0 Å². The number of rotatable bonds is 2. The summed E-state index contributed by atoms with van der Waals surface area (Å²) in [4.78, 5) is 3.10. The SMILES string of the molecule is [2H]c1cnc(OC(C(F)(F)F)C(F)(F)F)c(Cl)c1. The molecule has 0 saturated carbocycles. The van der Waals surface area contributed by atoms with Gasteiger partial charge >= 0.3 is 12.4 Å². The molecule has 2 nitrogen and oxygen atoms in total. The first-order chi connectivity index (χ1) is 8.01. The van der Waals surface area contributed by atoms with E-state index in [0.29, 0.717) is 6.20 Å². The number of alkyl halides is 6. The number of aromatic nitrogens is 1. The molecule has 0 amide bonds. The van der Waals surface area contributed by atoms with Gasteiger partial charge in [0.1, 0.15) is 5.02 Å². The maximum absolute atomic E-state index is 12.2. The van der Waals surface area contributed by atoms with Gasteiger partial charge in [0.05, 0.1) is 1.37 Å². The highest BCUT2D eigenvalue weighted by atomic mass is 35.5. The van der Waals surface area contributed by atoms with Crippen LogP contribution in [0.15, 0.2) is 18.3 Å². The van der Waals surface area contributed by atoms with Gasteiger partial charge in [0.15, 0.2) is 0 Å². The minimum Gasteiger partial charge on any atom is -0.454 e. The van der Waals surface area contributed by atoms with Crippen LogP contribution >= 0.6 is 11.6 Å². The first-order valence-electron chi connectivity index (χ1n) is 4.44. The molecule has 1 aromatic rings. The summed E-state index contributed by atoms with van der Waals surface area (Å²) in [6.07, 6.45) is -14.6. The van der Waals surface area contributed by atoms with Crippen LogP contribution in [0.4, 0.5) is 26.3 Å². The third kappa shape index (κ3) is 3.65. The molecule has 1 aromatic heterocycles. The Morgan fingerprint density at radius 1 is 1.24 bits per heavy atom.